The highest BCUT2D eigenvalue weighted by atomic mass is 19.1. The molecule has 3 aromatic carbocycles. The molecule has 5 heteroatoms. The Hall–Kier alpha value is -3.73. The fourth-order valence-electron chi connectivity index (χ4n) is 3.50. The molecule has 0 atom stereocenters. The van der Waals surface area contributed by atoms with Crippen LogP contribution in [0.1, 0.15) is 48.7 Å². The van der Waals surface area contributed by atoms with Crippen LogP contribution in [0, 0.1) is 18.6 Å². The van der Waals surface area contributed by atoms with E-state index in [2.05, 4.69) is 23.5 Å². The molecule has 0 saturated heterocycles. The van der Waals surface area contributed by atoms with E-state index < -0.39 is 11.6 Å². The molecule has 172 valence electrons. The first kappa shape index (κ1) is 23.9. The highest BCUT2D eigenvalue weighted by molar-refractivity contribution is 5.96. The van der Waals surface area contributed by atoms with Gasteiger partial charge in [-0.15, -0.1) is 0 Å². The number of halogens is 2. The smallest absolute Gasteiger partial charge is 0.251 e. The van der Waals surface area contributed by atoms with Crippen molar-refractivity contribution in [1.82, 2.24) is 5.32 Å². The minimum Gasteiger partial charge on any atom is -0.457 e. The maximum absolute atomic E-state index is 13.4. The fourth-order valence-corrected chi connectivity index (χ4v) is 3.50. The van der Waals surface area contributed by atoms with E-state index in [4.69, 9.17) is 4.74 Å². The van der Waals surface area contributed by atoms with Crippen LogP contribution in [-0.2, 0) is 6.54 Å². The zero-order chi connectivity index (χ0) is 23.8. The number of carbonyl (C=O) groups excluding carboxylic acids is 1. The van der Waals surface area contributed by atoms with Crippen LogP contribution < -0.4 is 10.1 Å². The van der Waals surface area contributed by atoms with Crippen LogP contribution in [0.5, 0.6) is 11.5 Å². The first-order valence-corrected chi connectivity index (χ1v) is 11.0. The van der Waals surface area contributed by atoms with Gasteiger partial charge in [-0.25, -0.2) is 8.78 Å². The number of amides is 1. The summed E-state index contributed by atoms with van der Waals surface area (Å²) < 4.78 is 32.8. The van der Waals surface area contributed by atoms with Crippen LogP contribution in [-0.4, -0.2) is 5.91 Å². The first-order valence-electron chi connectivity index (χ1n) is 11.0. The summed E-state index contributed by atoms with van der Waals surface area (Å²) in [4.78, 5) is 12.7. The van der Waals surface area contributed by atoms with Crippen molar-refractivity contribution in [1.29, 1.82) is 0 Å². The molecule has 0 fully saturated rings. The van der Waals surface area contributed by atoms with Gasteiger partial charge in [-0.3, -0.25) is 4.79 Å². The lowest BCUT2D eigenvalue weighted by molar-refractivity contribution is 0.0950. The Morgan fingerprint density at radius 1 is 1.03 bits per heavy atom. The predicted octanol–water partition coefficient (Wildman–Crippen LogP) is 7.61. The van der Waals surface area contributed by atoms with E-state index >= 15 is 0 Å². The van der Waals surface area contributed by atoms with E-state index in [0.717, 1.165) is 23.6 Å². The van der Waals surface area contributed by atoms with Gasteiger partial charge in [0.15, 0.2) is 0 Å². The molecule has 3 aromatic rings. The Labute approximate surface area is 194 Å². The van der Waals surface area contributed by atoms with Crippen molar-refractivity contribution in [3.05, 3.63) is 113 Å². The molecule has 0 aliphatic heterocycles. The average molecular weight is 450 g/mol. The van der Waals surface area contributed by atoms with Gasteiger partial charge in [-0.2, -0.15) is 0 Å². The molecule has 33 heavy (non-hydrogen) atoms. The topological polar surface area (TPSA) is 38.3 Å². The SMILES string of the molecule is CC.Cc1c(Oc2cccc(C3=CCC=C3)c2)cccc1C(=O)NCc1cc(F)cc(F)c1.[HH]. The molecule has 1 aliphatic carbocycles. The third kappa shape index (κ3) is 6.16. The number of allylic oxidation sites excluding steroid dienone is 4. The zero-order valence-corrected chi connectivity index (χ0v) is 19.0. The van der Waals surface area contributed by atoms with Crippen molar-refractivity contribution in [3.63, 3.8) is 0 Å². The van der Waals surface area contributed by atoms with Crippen molar-refractivity contribution >= 4 is 11.5 Å². The molecule has 0 unspecified atom stereocenters. The molecular formula is C28H29F2NO2. The Balaban J connectivity index is 0.00000133. The number of ether oxygens (including phenoxy) is 1. The number of carbonyl (C=O) groups is 1. The summed E-state index contributed by atoms with van der Waals surface area (Å²) in [6.45, 7) is 5.82. The number of rotatable bonds is 6. The Morgan fingerprint density at radius 3 is 2.45 bits per heavy atom. The Bertz CT molecular complexity index is 1180. The monoisotopic (exact) mass is 449 g/mol. The molecule has 0 bridgehead atoms. The van der Waals surface area contributed by atoms with E-state index in [9.17, 15) is 13.6 Å². The molecule has 0 radical (unpaired) electrons. The van der Waals surface area contributed by atoms with Crippen LogP contribution >= 0.6 is 0 Å². The van der Waals surface area contributed by atoms with Gasteiger partial charge >= 0.3 is 0 Å². The largest absolute Gasteiger partial charge is 0.457 e. The number of hydrogen-bond acceptors (Lipinski definition) is 2. The summed E-state index contributed by atoms with van der Waals surface area (Å²) in [5, 5.41) is 2.70. The first-order chi connectivity index (χ1) is 16.0. The van der Waals surface area contributed by atoms with Gasteiger partial charge in [0, 0.05) is 25.2 Å². The molecule has 1 N–H and O–H groups in total. The van der Waals surface area contributed by atoms with Crippen molar-refractivity contribution in [2.45, 2.75) is 33.7 Å². The summed E-state index contributed by atoms with van der Waals surface area (Å²) >= 11 is 0. The van der Waals surface area contributed by atoms with Crippen molar-refractivity contribution < 1.29 is 19.7 Å². The molecule has 4 rings (SSSR count). The van der Waals surface area contributed by atoms with Crippen molar-refractivity contribution in [2.75, 3.05) is 0 Å². The lowest BCUT2D eigenvalue weighted by Gasteiger charge is -2.13. The summed E-state index contributed by atoms with van der Waals surface area (Å²) in [6, 6.07) is 16.2. The Morgan fingerprint density at radius 2 is 1.76 bits per heavy atom. The number of benzene rings is 3. The lowest BCUT2D eigenvalue weighted by atomic mass is 10.1. The molecule has 1 aliphatic rings. The zero-order valence-electron chi connectivity index (χ0n) is 19.0. The highest BCUT2D eigenvalue weighted by Gasteiger charge is 2.14. The second-order valence-electron chi connectivity index (χ2n) is 7.32. The fraction of sp³-hybridized carbons (Fsp3) is 0.179. The van der Waals surface area contributed by atoms with Gasteiger partial charge in [0.2, 0.25) is 0 Å². The number of nitrogens with one attached hydrogen (secondary N) is 1. The van der Waals surface area contributed by atoms with Crippen LogP contribution in [0.2, 0.25) is 0 Å². The summed E-state index contributed by atoms with van der Waals surface area (Å²) in [6.07, 6.45) is 7.27. The van der Waals surface area contributed by atoms with Gasteiger partial charge in [-0.1, -0.05) is 50.3 Å². The number of hydrogen-bond donors (Lipinski definition) is 1. The molecule has 0 heterocycles. The van der Waals surface area contributed by atoms with Crippen LogP contribution in [0.15, 0.2) is 78.9 Å². The molecular weight excluding hydrogens is 420 g/mol. The van der Waals surface area contributed by atoms with E-state index in [0.29, 0.717) is 28.2 Å². The quantitative estimate of drug-likeness (QED) is 0.420. The average Bonchev–Trinajstić information content (AvgIpc) is 3.35. The Kier molecular flexibility index (Phi) is 8.14. The van der Waals surface area contributed by atoms with Crippen molar-refractivity contribution in [2.24, 2.45) is 0 Å². The summed E-state index contributed by atoms with van der Waals surface area (Å²) in [5.74, 6) is -0.460. The second-order valence-corrected chi connectivity index (χ2v) is 7.32. The maximum atomic E-state index is 13.4. The van der Waals surface area contributed by atoms with Gasteiger partial charge in [0.1, 0.15) is 23.1 Å². The molecule has 0 spiro atoms. The predicted molar refractivity (Wildman–Crippen MR) is 130 cm³/mol. The normalized spacial score (nSPS) is 12.0. The minimum absolute atomic E-state index is 0. The molecule has 3 nitrogen and oxygen atoms in total. The molecule has 1 amide bonds. The van der Waals surface area contributed by atoms with E-state index in [1.165, 1.54) is 12.1 Å². The second kappa shape index (κ2) is 11.2. The standard InChI is InChI=1S/C26H21F2NO2.C2H6.H2/c1-17-24(26(30)29-16-18-12-21(27)15-22(28)13-18)10-5-11-25(17)31-23-9-4-8-20(14-23)19-6-2-3-7-19;1-2;/h2,4-15H,3,16H2,1H3,(H,29,30);1-2H3;1H. The van der Waals surface area contributed by atoms with Crippen molar-refractivity contribution in [3.8, 4) is 11.5 Å². The van der Waals surface area contributed by atoms with Crippen LogP contribution in [0.3, 0.4) is 0 Å². The molecule has 0 saturated carbocycles. The van der Waals surface area contributed by atoms with Gasteiger partial charge in [-0.05, 0) is 66.4 Å². The third-order valence-corrected chi connectivity index (χ3v) is 5.07. The van der Waals surface area contributed by atoms with Gasteiger partial charge in [0.05, 0.1) is 0 Å². The lowest BCUT2D eigenvalue weighted by Crippen LogP contribution is -2.23. The summed E-state index contributed by atoms with van der Waals surface area (Å²) in [7, 11) is 0. The molecule has 0 aromatic heterocycles. The minimum atomic E-state index is -0.679. The van der Waals surface area contributed by atoms with E-state index in [1.807, 2.05) is 38.1 Å². The van der Waals surface area contributed by atoms with E-state index in [1.54, 1.807) is 25.1 Å². The maximum Gasteiger partial charge on any atom is 0.251 e. The highest BCUT2D eigenvalue weighted by Crippen LogP contribution is 2.30. The van der Waals surface area contributed by atoms with Crippen LogP contribution in [0.4, 0.5) is 8.78 Å². The van der Waals surface area contributed by atoms with E-state index in [-0.39, 0.29) is 13.9 Å². The van der Waals surface area contributed by atoms with Crippen LogP contribution in [0.25, 0.3) is 5.57 Å². The van der Waals surface area contributed by atoms with Gasteiger partial charge in [0.25, 0.3) is 5.91 Å². The third-order valence-electron chi connectivity index (χ3n) is 5.07. The van der Waals surface area contributed by atoms with Gasteiger partial charge < -0.3 is 10.1 Å². The summed E-state index contributed by atoms with van der Waals surface area (Å²) in [5.41, 5.74) is 3.69.